The highest BCUT2D eigenvalue weighted by Crippen LogP contribution is 2.34. The van der Waals surface area contributed by atoms with Crippen LogP contribution in [-0.4, -0.2) is 26.7 Å². The first-order valence-electron chi connectivity index (χ1n) is 15.4. The van der Waals surface area contributed by atoms with E-state index in [0.29, 0.717) is 35.4 Å². The number of aromatic hydroxyl groups is 1. The molecule has 0 radical (unpaired) electrons. The lowest BCUT2D eigenvalue weighted by atomic mass is 9.86. The number of hydrogen-bond donors (Lipinski definition) is 1. The molecule has 4 aromatic rings. The molecule has 0 amide bonds. The smallest absolute Gasteiger partial charge is 0.167 e. The molecule has 0 fully saturated rings. The van der Waals surface area contributed by atoms with Crippen LogP contribution < -0.4 is 4.74 Å². The van der Waals surface area contributed by atoms with Gasteiger partial charge in [-0.1, -0.05) is 129 Å². The van der Waals surface area contributed by atoms with E-state index in [-0.39, 0.29) is 16.6 Å². The summed E-state index contributed by atoms with van der Waals surface area (Å²) in [5, 5.41) is 11.0. The summed E-state index contributed by atoms with van der Waals surface area (Å²) in [6, 6.07) is 22.1. The molecular formula is C37H47N3O2. The summed E-state index contributed by atoms with van der Waals surface area (Å²) < 4.78 is 5.93. The highest BCUT2D eigenvalue weighted by atomic mass is 16.5. The van der Waals surface area contributed by atoms with E-state index in [1.807, 2.05) is 12.1 Å². The van der Waals surface area contributed by atoms with Gasteiger partial charge in [-0.3, -0.25) is 0 Å². The fourth-order valence-corrected chi connectivity index (χ4v) is 4.86. The van der Waals surface area contributed by atoms with Crippen LogP contribution in [0.15, 0.2) is 66.7 Å². The lowest BCUT2D eigenvalue weighted by Crippen LogP contribution is -2.10. The minimum absolute atomic E-state index is 0.0490. The summed E-state index contributed by atoms with van der Waals surface area (Å²) in [5.74, 6) is 2.30. The first kappa shape index (κ1) is 31.2. The van der Waals surface area contributed by atoms with E-state index >= 15 is 0 Å². The van der Waals surface area contributed by atoms with Gasteiger partial charge < -0.3 is 9.84 Å². The normalized spacial score (nSPS) is 12.0. The molecule has 0 atom stereocenters. The molecule has 1 heterocycles. The Morgan fingerprint density at radius 1 is 0.595 bits per heavy atom. The second-order valence-corrected chi connectivity index (χ2v) is 13.3. The third-order valence-corrected chi connectivity index (χ3v) is 7.63. The average molecular weight is 566 g/mol. The Morgan fingerprint density at radius 3 is 1.55 bits per heavy atom. The van der Waals surface area contributed by atoms with Crippen LogP contribution in [0.3, 0.4) is 0 Å². The van der Waals surface area contributed by atoms with Crippen molar-refractivity contribution in [2.75, 3.05) is 6.61 Å². The molecule has 0 aliphatic rings. The molecular weight excluding hydrogens is 518 g/mol. The SMILES string of the molecule is CCCCCCCCOc1ccc(-c2nc(-c3ccc(C(C)(C)C)cc3)nc(-c3ccc(C(C)(C)C)cc3)n2)c(O)c1. The van der Waals surface area contributed by atoms with Gasteiger partial charge in [0, 0.05) is 17.2 Å². The van der Waals surface area contributed by atoms with Gasteiger partial charge in [0.25, 0.3) is 0 Å². The van der Waals surface area contributed by atoms with Crippen molar-refractivity contribution in [3.05, 3.63) is 77.9 Å². The van der Waals surface area contributed by atoms with Crippen LogP contribution in [0.5, 0.6) is 11.5 Å². The maximum Gasteiger partial charge on any atom is 0.167 e. The van der Waals surface area contributed by atoms with Crippen molar-refractivity contribution in [1.82, 2.24) is 15.0 Å². The van der Waals surface area contributed by atoms with Gasteiger partial charge in [0.15, 0.2) is 17.5 Å². The lowest BCUT2D eigenvalue weighted by molar-refractivity contribution is 0.303. The van der Waals surface area contributed by atoms with Crippen molar-refractivity contribution in [3.63, 3.8) is 0 Å². The summed E-state index contributed by atoms with van der Waals surface area (Å²) >= 11 is 0. The molecule has 1 N–H and O–H groups in total. The number of rotatable bonds is 11. The van der Waals surface area contributed by atoms with Crippen LogP contribution in [0.4, 0.5) is 0 Å². The zero-order valence-corrected chi connectivity index (χ0v) is 26.5. The number of nitrogens with zero attached hydrogens (tertiary/aromatic N) is 3. The lowest BCUT2D eigenvalue weighted by Gasteiger charge is -2.19. The number of aromatic nitrogens is 3. The predicted octanol–water partition coefficient (Wildman–Crippen LogP) is 9.91. The van der Waals surface area contributed by atoms with Crippen LogP contribution in [0.25, 0.3) is 34.2 Å². The van der Waals surface area contributed by atoms with Gasteiger partial charge in [-0.25, -0.2) is 15.0 Å². The minimum Gasteiger partial charge on any atom is -0.507 e. The molecule has 222 valence electrons. The second kappa shape index (κ2) is 13.5. The van der Waals surface area contributed by atoms with Crippen molar-refractivity contribution in [1.29, 1.82) is 0 Å². The van der Waals surface area contributed by atoms with Gasteiger partial charge in [0.05, 0.1) is 12.2 Å². The van der Waals surface area contributed by atoms with E-state index < -0.39 is 0 Å². The molecule has 3 aromatic carbocycles. The third-order valence-electron chi connectivity index (χ3n) is 7.63. The van der Waals surface area contributed by atoms with Crippen LogP contribution in [0, 0.1) is 0 Å². The van der Waals surface area contributed by atoms with Gasteiger partial charge in [0.2, 0.25) is 0 Å². The number of benzene rings is 3. The Hall–Kier alpha value is -3.73. The maximum atomic E-state index is 11.0. The molecule has 4 rings (SSSR count). The Bertz CT molecular complexity index is 1370. The molecule has 0 unspecified atom stereocenters. The Labute approximate surface area is 252 Å². The summed E-state index contributed by atoms with van der Waals surface area (Å²) in [5.41, 5.74) is 4.93. The summed E-state index contributed by atoms with van der Waals surface area (Å²) in [4.78, 5) is 14.5. The van der Waals surface area contributed by atoms with Crippen LogP contribution in [0.1, 0.15) is 98.1 Å². The van der Waals surface area contributed by atoms with Crippen molar-refractivity contribution < 1.29 is 9.84 Å². The fraction of sp³-hybridized carbons (Fsp3) is 0.432. The molecule has 0 spiro atoms. The van der Waals surface area contributed by atoms with Crippen molar-refractivity contribution in [2.24, 2.45) is 0 Å². The van der Waals surface area contributed by atoms with E-state index in [2.05, 4.69) is 97.0 Å². The van der Waals surface area contributed by atoms with Crippen molar-refractivity contribution >= 4 is 0 Å². The predicted molar refractivity (Wildman–Crippen MR) is 174 cm³/mol. The number of unbranched alkanes of at least 4 members (excludes halogenated alkanes) is 5. The maximum absolute atomic E-state index is 11.0. The first-order valence-corrected chi connectivity index (χ1v) is 15.4. The van der Waals surface area contributed by atoms with Crippen molar-refractivity contribution in [2.45, 2.75) is 97.8 Å². The van der Waals surface area contributed by atoms with Crippen molar-refractivity contribution in [3.8, 4) is 45.7 Å². The van der Waals surface area contributed by atoms with E-state index in [1.165, 1.54) is 36.8 Å². The quantitative estimate of drug-likeness (QED) is 0.183. The fourth-order valence-electron chi connectivity index (χ4n) is 4.86. The van der Waals surface area contributed by atoms with Crippen LogP contribution in [0.2, 0.25) is 0 Å². The van der Waals surface area contributed by atoms with Gasteiger partial charge in [0.1, 0.15) is 11.5 Å². The van der Waals surface area contributed by atoms with E-state index in [1.54, 1.807) is 6.07 Å². The Balaban J connectivity index is 1.65. The molecule has 0 aliphatic heterocycles. The standard InChI is InChI=1S/C37H47N3O2/c1-8-9-10-11-12-13-24-42-30-22-23-31(32(41)25-30)35-39-33(26-14-18-28(19-15-26)36(2,3)4)38-34(40-35)27-16-20-29(21-17-27)37(5,6)7/h14-23,25,41H,8-13,24H2,1-7H3. The van der Waals surface area contributed by atoms with Crippen LogP contribution in [-0.2, 0) is 10.8 Å². The van der Waals surface area contributed by atoms with Gasteiger partial charge in [-0.05, 0) is 40.5 Å². The largest absolute Gasteiger partial charge is 0.507 e. The Kier molecular flexibility index (Phi) is 10.0. The molecule has 0 bridgehead atoms. The van der Waals surface area contributed by atoms with E-state index in [0.717, 1.165) is 24.0 Å². The minimum atomic E-state index is 0.0490. The van der Waals surface area contributed by atoms with Gasteiger partial charge in [-0.2, -0.15) is 0 Å². The number of phenols is 1. The molecule has 5 nitrogen and oxygen atoms in total. The zero-order valence-electron chi connectivity index (χ0n) is 26.5. The van der Waals surface area contributed by atoms with E-state index in [4.69, 9.17) is 19.7 Å². The Morgan fingerprint density at radius 2 is 1.07 bits per heavy atom. The van der Waals surface area contributed by atoms with Gasteiger partial charge in [-0.15, -0.1) is 0 Å². The third kappa shape index (κ3) is 8.18. The summed E-state index contributed by atoms with van der Waals surface area (Å²) in [6.07, 6.45) is 7.23. The van der Waals surface area contributed by atoms with Gasteiger partial charge >= 0.3 is 0 Å². The average Bonchev–Trinajstić information content (AvgIpc) is 2.96. The van der Waals surface area contributed by atoms with E-state index in [9.17, 15) is 5.11 Å². The molecule has 0 aliphatic carbocycles. The molecule has 42 heavy (non-hydrogen) atoms. The monoisotopic (exact) mass is 565 g/mol. The molecule has 5 heteroatoms. The number of ether oxygens (including phenoxy) is 1. The topological polar surface area (TPSA) is 68.1 Å². The molecule has 0 saturated heterocycles. The molecule has 1 aromatic heterocycles. The highest BCUT2D eigenvalue weighted by molar-refractivity contribution is 5.70. The first-order chi connectivity index (χ1) is 20.0. The highest BCUT2D eigenvalue weighted by Gasteiger charge is 2.18. The molecule has 0 saturated carbocycles. The summed E-state index contributed by atoms with van der Waals surface area (Å²) in [7, 11) is 0. The number of hydrogen-bond acceptors (Lipinski definition) is 5. The van der Waals surface area contributed by atoms with Crippen LogP contribution >= 0.6 is 0 Å². The zero-order chi connectivity index (χ0) is 30.3. The number of phenolic OH excluding ortho intramolecular Hbond substituents is 1. The summed E-state index contributed by atoms with van der Waals surface area (Å²) in [6.45, 7) is 16.1. The second-order valence-electron chi connectivity index (χ2n) is 13.3.